The zero-order valence-corrected chi connectivity index (χ0v) is 6.51. The molecule has 2 aliphatic carbocycles. The lowest BCUT2D eigenvalue weighted by molar-refractivity contribution is 0.399. The number of fused-ring (bicyclic) bond motifs is 1. The molecule has 54 valence electrons. The van der Waals surface area contributed by atoms with E-state index >= 15 is 0 Å². The summed E-state index contributed by atoms with van der Waals surface area (Å²) < 4.78 is 0. The minimum Gasteiger partial charge on any atom is -0.103 e. The molecule has 3 unspecified atom stereocenters. The van der Waals surface area contributed by atoms with Gasteiger partial charge in [-0.15, -0.1) is 6.58 Å². The van der Waals surface area contributed by atoms with E-state index in [1.807, 2.05) is 0 Å². The Hall–Kier alpha value is -0.520. The third kappa shape index (κ3) is 0.570. The van der Waals surface area contributed by atoms with Crippen LogP contribution in [0, 0.1) is 17.3 Å². The summed E-state index contributed by atoms with van der Waals surface area (Å²) in [4.78, 5) is 0. The van der Waals surface area contributed by atoms with Crippen LogP contribution >= 0.6 is 0 Å². The molecule has 0 heterocycles. The lowest BCUT2D eigenvalue weighted by atomic mass is 9.89. The van der Waals surface area contributed by atoms with Crippen LogP contribution in [0.15, 0.2) is 24.8 Å². The molecule has 1 fully saturated rings. The summed E-state index contributed by atoms with van der Waals surface area (Å²) in [5, 5.41) is 0. The average molecular weight is 134 g/mol. The van der Waals surface area contributed by atoms with Crippen molar-refractivity contribution in [2.45, 2.75) is 19.8 Å². The highest BCUT2D eigenvalue weighted by molar-refractivity contribution is 5.24. The Morgan fingerprint density at radius 3 is 2.90 bits per heavy atom. The van der Waals surface area contributed by atoms with Crippen LogP contribution in [0.25, 0.3) is 0 Å². The Labute approximate surface area is 62.6 Å². The van der Waals surface area contributed by atoms with Gasteiger partial charge in [-0.3, -0.25) is 0 Å². The van der Waals surface area contributed by atoms with Gasteiger partial charge in [-0.1, -0.05) is 25.2 Å². The van der Waals surface area contributed by atoms with Crippen molar-refractivity contribution in [3.63, 3.8) is 0 Å². The van der Waals surface area contributed by atoms with Gasteiger partial charge in [-0.25, -0.2) is 0 Å². The highest BCUT2D eigenvalue weighted by atomic mass is 14.6. The van der Waals surface area contributed by atoms with Gasteiger partial charge in [0.15, 0.2) is 0 Å². The SMILES string of the molecule is C=CCC12CC1C=CC2C. The van der Waals surface area contributed by atoms with Crippen molar-refractivity contribution in [2.75, 3.05) is 0 Å². The summed E-state index contributed by atoms with van der Waals surface area (Å²) in [7, 11) is 0. The molecule has 2 aliphatic rings. The minimum atomic E-state index is 0.641. The quantitative estimate of drug-likeness (QED) is 0.509. The zero-order chi connectivity index (χ0) is 7.19. The Kier molecular flexibility index (Phi) is 1.08. The summed E-state index contributed by atoms with van der Waals surface area (Å²) in [6, 6.07) is 0. The van der Waals surface area contributed by atoms with Crippen LogP contribution in [0.5, 0.6) is 0 Å². The third-order valence-electron chi connectivity index (χ3n) is 3.24. The first kappa shape index (κ1) is 6.21. The van der Waals surface area contributed by atoms with E-state index in [4.69, 9.17) is 0 Å². The van der Waals surface area contributed by atoms with Crippen molar-refractivity contribution in [2.24, 2.45) is 17.3 Å². The third-order valence-corrected chi connectivity index (χ3v) is 3.24. The Morgan fingerprint density at radius 2 is 2.50 bits per heavy atom. The maximum Gasteiger partial charge on any atom is -0.0134 e. The largest absolute Gasteiger partial charge is 0.103 e. The highest BCUT2D eigenvalue weighted by Crippen LogP contribution is 2.65. The Bertz CT molecular complexity index is 190. The second-order valence-electron chi connectivity index (χ2n) is 3.71. The van der Waals surface area contributed by atoms with Crippen LogP contribution in [-0.4, -0.2) is 0 Å². The molecule has 0 saturated heterocycles. The van der Waals surface area contributed by atoms with Crippen molar-refractivity contribution >= 4 is 0 Å². The number of rotatable bonds is 2. The fourth-order valence-corrected chi connectivity index (χ4v) is 2.32. The molecule has 3 atom stereocenters. The molecule has 0 N–H and O–H groups in total. The lowest BCUT2D eigenvalue weighted by Crippen LogP contribution is -2.07. The summed E-state index contributed by atoms with van der Waals surface area (Å²) >= 11 is 0. The Morgan fingerprint density at radius 1 is 1.70 bits per heavy atom. The van der Waals surface area contributed by atoms with Crippen molar-refractivity contribution in [1.29, 1.82) is 0 Å². The van der Waals surface area contributed by atoms with Gasteiger partial charge in [-0.2, -0.15) is 0 Å². The molecule has 0 aromatic heterocycles. The molecular weight excluding hydrogens is 120 g/mol. The molecule has 0 heteroatoms. The van der Waals surface area contributed by atoms with E-state index in [0.717, 1.165) is 11.8 Å². The van der Waals surface area contributed by atoms with E-state index in [1.165, 1.54) is 12.8 Å². The molecule has 10 heavy (non-hydrogen) atoms. The first-order chi connectivity index (χ1) is 4.79. The number of hydrogen-bond donors (Lipinski definition) is 0. The first-order valence-corrected chi connectivity index (χ1v) is 4.09. The van der Waals surface area contributed by atoms with E-state index in [2.05, 4.69) is 31.7 Å². The summed E-state index contributed by atoms with van der Waals surface area (Å²) in [6.07, 6.45) is 9.44. The molecule has 0 spiro atoms. The molecule has 0 aromatic carbocycles. The van der Waals surface area contributed by atoms with Crippen LogP contribution in [0.2, 0.25) is 0 Å². The molecule has 2 rings (SSSR count). The maximum atomic E-state index is 3.80. The van der Waals surface area contributed by atoms with Crippen LogP contribution in [0.1, 0.15) is 19.8 Å². The topological polar surface area (TPSA) is 0 Å². The van der Waals surface area contributed by atoms with E-state index in [1.54, 1.807) is 0 Å². The molecule has 0 aliphatic heterocycles. The van der Waals surface area contributed by atoms with Gasteiger partial charge in [0.1, 0.15) is 0 Å². The summed E-state index contributed by atoms with van der Waals surface area (Å²) in [5.74, 6) is 1.70. The van der Waals surface area contributed by atoms with Crippen molar-refractivity contribution in [3.8, 4) is 0 Å². The van der Waals surface area contributed by atoms with Crippen LogP contribution < -0.4 is 0 Å². The van der Waals surface area contributed by atoms with Crippen molar-refractivity contribution < 1.29 is 0 Å². The average Bonchev–Trinajstić information content (AvgIpc) is 2.53. The predicted molar refractivity (Wildman–Crippen MR) is 43.7 cm³/mol. The molecule has 0 amide bonds. The number of allylic oxidation sites excluding steroid dienone is 3. The molecule has 1 saturated carbocycles. The van der Waals surface area contributed by atoms with E-state index in [0.29, 0.717) is 5.41 Å². The van der Waals surface area contributed by atoms with E-state index in [9.17, 15) is 0 Å². The molecular formula is C10H14. The van der Waals surface area contributed by atoms with Crippen LogP contribution in [0.4, 0.5) is 0 Å². The van der Waals surface area contributed by atoms with Crippen molar-refractivity contribution in [3.05, 3.63) is 24.8 Å². The smallest absolute Gasteiger partial charge is 0.0134 e. The first-order valence-electron chi connectivity index (χ1n) is 4.09. The molecule has 0 nitrogen and oxygen atoms in total. The van der Waals surface area contributed by atoms with Gasteiger partial charge in [-0.05, 0) is 30.1 Å². The van der Waals surface area contributed by atoms with Gasteiger partial charge in [0.25, 0.3) is 0 Å². The van der Waals surface area contributed by atoms with Crippen molar-refractivity contribution in [1.82, 2.24) is 0 Å². The lowest BCUT2D eigenvalue weighted by Gasteiger charge is -2.15. The second-order valence-corrected chi connectivity index (χ2v) is 3.71. The van der Waals surface area contributed by atoms with Gasteiger partial charge < -0.3 is 0 Å². The van der Waals surface area contributed by atoms with Gasteiger partial charge in [0, 0.05) is 0 Å². The van der Waals surface area contributed by atoms with Crippen LogP contribution in [-0.2, 0) is 0 Å². The van der Waals surface area contributed by atoms with Gasteiger partial charge >= 0.3 is 0 Å². The predicted octanol–water partition coefficient (Wildman–Crippen LogP) is 2.77. The second kappa shape index (κ2) is 1.75. The van der Waals surface area contributed by atoms with Crippen LogP contribution in [0.3, 0.4) is 0 Å². The van der Waals surface area contributed by atoms with Gasteiger partial charge in [0.2, 0.25) is 0 Å². The minimum absolute atomic E-state index is 0.641. The summed E-state index contributed by atoms with van der Waals surface area (Å²) in [6.45, 7) is 6.13. The zero-order valence-electron chi connectivity index (χ0n) is 6.51. The fourth-order valence-electron chi connectivity index (χ4n) is 2.32. The Balaban J connectivity index is 2.14. The van der Waals surface area contributed by atoms with E-state index < -0.39 is 0 Å². The highest BCUT2D eigenvalue weighted by Gasteiger charge is 2.56. The normalized spacial score (nSPS) is 48.9. The number of hydrogen-bond acceptors (Lipinski definition) is 0. The fraction of sp³-hybridized carbons (Fsp3) is 0.600. The van der Waals surface area contributed by atoms with E-state index in [-0.39, 0.29) is 0 Å². The standard InChI is InChI=1S/C10H14/c1-3-6-10-7-9(10)5-4-8(10)2/h3-5,8-9H,1,6-7H2,2H3. The molecule has 0 radical (unpaired) electrons. The molecule has 0 bridgehead atoms. The summed E-state index contributed by atoms with van der Waals surface area (Å²) in [5.41, 5.74) is 0.641. The molecule has 0 aromatic rings. The maximum absolute atomic E-state index is 3.80. The monoisotopic (exact) mass is 134 g/mol. The van der Waals surface area contributed by atoms with Gasteiger partial charge in [0.05, 0.1) is 0 Å².